The zero-order chi connectivity index (χ0) is 19.0. The van der Waals surface area contributed by atoms with Crippen LogP contribution in [0.15, 0.2) is 18.2 Å². The van der Waals surface area contributed by atoms with E-state index in [0.29, 0.717) is 29.5 Å². The van der Waals surface area contributed by atoms with Gasteiger partial charge in [0.2, 0.25) is 5.95 Å². The van der Waals surface area contributed by atoms with Gasteiger partial charge < -0.3 is 4.90 Å². The fourth-order valence-electron chi connectivity index (χ4n) is 3.04. The molecule has 0 saturated heterocycles. The molecule has 4 nitrogen and oxygen atoms in total. The van der Waals surface area contributed by atoms with Crippen molar-refractivity contribution in [1.82, 2.24) is 14.7 Å². The van der Waals surface area contributed by atoms with Gasteiger partial charge >= 0.3 is 0 Å². The number of amides is 1. The monoisotopic (exact) mass is 369 g/mol. The fraction of sp³-hybridized carbons (Fsp3) is 0.444. The third kappa shape index (κ3) is 3.45. The predicted octanol–water partition coefficient (Wildman–Crippen LogP) is 4.00. The van der Waals surface area contributed by atoms with Gasteiger partial charge in [0.05, 0.1) is 0 Å². The lowest BCUT2D eigenvalue weighted by molar-refractivity contribution is 0.0711. The Labute approximate surface area is 148 Å². The third-order valence-electron chi connectivity index (χ3n) is 4.56. The second-order valence-electron chi connectivity index (χ2n) is 6.41. The molecule has 0 bridgehead atoms. The van der Waals surface area contributed by atoms with Gasteiger partial charge in [-0.3, -0.25) is 4.79 Å². The molecule has 0 spiro atoms. The molecule has 1 aromatic heterocycles. The maximum Gasteiger partial charge on any atom is 0.283 e. The number of aryl methyl sites for hydroxylation is 2. The molecule has 1 fully saturated rings. The van der Waals surface area contributed by atoms with Crippen LogP contribution in [-0.2, 0) is 20.0 Å². The SMILES string of the molecule is CCc1ccc(F)cc1CN(C(=O)c1c(C(F)F)nn(C)c1F)C1CC1. The molecule has 1 aromatic carbocycles. The molecule has 1 saturated carbocycles. The number of carbonyl (C=O) groups excluding carboxylic acids is 1. The number of alkyl halides is 2. The van der Waals surface area contributed by atoms with Crippen LogP contribution in [0.5, 0.6) is 0 Å². The molecule has 3 rings (SSSR count). The predicted molar refractivity (Wildman–Crippen MR) is 86.8 cm³/mol. The van der Waals surface area contributed by atoms with Crippen molar-refractivity contribution < 1.29 is 22.4 Å². The maximum absolute atomic E-state index is 14.3. The van der Waals surface area contributed by atoms with E-state index in [4.69, 9.17) is 0 Å². The Kier molecular flexibility index (Phi) is 5.02. The molecule has 140 valence electrons. The molecule has 1 amide bonds. The number of halogens is 4. The van der Waals surface area contributed by atoms with Crippen molar-refractivity contribution in [1.29, 1.82) is 0 Å². The second kappa shape index (κ2) is 7.09. The summed E-state index contributed by atoms with van der Waals surface area (Å²) < 4.78 is 55.0. The first-order valence-electron chi connectivity index (χ1n) is 8.42. The molecule has 2 aromatic rings. The number of aromatic nitrogens is 2. The van der Waals surface area contributed by atoms with Crippen LogP contribution in [0.3, 0.4) is 0 Å². The highest BCUT2D eigenvalue weighted by Crippen LogP contribution is 2.33. The maximum atomic E-state index is 14.3. The summed E-state index contributed by atoms with van der Waals surface area (Å²) in [6.45, 7) is 1.94. The molecule has 8 heteroatoms. The van der Waals surface area contributed by atoms with Gasteiger partial charge in [0.25, 0.3) is 12.3 Å². The van der Waals surface area contributed by atoms with E-state index in [1.807, 2.05) is 6.92 Å². The third-order valence-corrected chi connectivity index (χ3v) is 4.56. The summed E-state index contributed by atoms with van der Waals surface area (Å²) in [5.74, 6) is -2.37. The first kappa shape index (κ1) is 18.4. The number of hydrogen-bond donors (Lipinski definition) is 0. The van der Waals surface area contributed by atoms with Crippen molar-refractivity contribution in [3.63, 3.8) is 0 Å². The lowest BCUT2D eigenvalue weighted by atomic mass is 10.0. The highest BCUT2D eigenvalue weighted by molar-refractivity contribution is 5.96. The van der Waals surface area contributed by atoms with Crippen LogP contribution in [0.25, 0.3) is 0 Å². The smallest absolute Gasteiger partial charge is 0.283 e. The van der Waals surface area contributed by atoms with Gasteiger partial charge in [-0.1, -0.05) is 13.0 Å². The molecule has 0 atom stereocenters. The Balaban J connectivity index is 1.97. The van der Waals surface area contributed by atoms with Crippen molar-refractivity contribution in [2.45, 2.75) is 45.2 Å². The zero-order valence-electron chi connectivity index (χ0n) is 14.5. The molecule has 0 aliphatic heterocycles. The normalized spacial score (nSPS) is 14.1. The van der Waals surface area contributed by atoms with E-state index in [0.717, 1.165) is 5.56 Å². The van der Waals surface area contributed by atoms with Crippen molar-refractivity contribution in [3.8, 4) is 0 Å². The molecule has 0 radical (unpaired) electrons. The molecule has 26 heavy (non-hydrogen) atoms. The van der Waals surface area contributed by atoms with E-state index in [-0.39, 0.29) is 12.6 Å². The van der Waals surface area contributed by atoms with Crippen molar-refractivity contribution in [2.75, 3.05) is 0 Å². The fourth-order valence-corrected chi connectivity index (χ4v) is 3.04. The summed E-state index contributed by atoms with van der Waals surface area (Å²) >= 11 is 0. The lowest BCUT2D eigenvalue weighted by Crippen LogP contribution is -2.34. The molecular weight excluding hydrogens is 350 g/mol. The molecule has 1 aliphatic rings. The molecule has 1 aliphatic carbocycles. The highest BCUT2D eigenvalue weighted by Gasteiger charge is 2.38. The van der Waals surface area contributed by atoms with Gasteiger partial charge in [-0.15, -0.1) is 0 Å². The van der Waals surface area contributed by atoms with E-state index in [2.05, 4.69) is 5.10 Å². The first-order valence-corrected chi connectivity index (χ1v) is 8.42. The number of rotatable bonds is 6. The van der Waals surface area contributed by atoms with Crippen LogP contribution in [-0.4, -0.2) is 26.6 Å². The van der Waals surface area contributed by atoms with E-state index >= 15 is 0 Å². The minimum atomic E-state index is -3.06. The zero-order valence-corrected chi connectivity index (χ0v) is 14.5. The number of benzene rings is 1. The largest absolute Gasteiger partial charge is 0.331 e. The standard InChI is InChI=1S/C18H19F4N3O/c1-3-10-4-5-12(19)8-11(10)9-25(13-6-7-13)18(26)14-15(16(20)21)23-24(2)17(14)22/h4-5,8,13,16H,3,6-7,9H2,1-2H3. The average Bonchev–Trinajstić information content (AvgIpc) is 3.38. The highest BCUT2D eigenvalue weighted by atomic mass is 19.3. The second-order valence-corrected chi connectivity index (χ2v) is 6.41. The summed E-state index contributed by atoms with van der Waals surface area (Å²) in [6.07, 6.45) is -1.03. The van der Waals surface area contributed by atoms with E-state index in [9.17, 15) is 22.4 Å². The first-order chi connectivity index (χ1) is 12.3. The molecule has 1 heterocycles. The van der Waals surface area contributed by atoms with Gasteiger partial charge in [-0.2, -0.15) is 9.49 Å². The van der Waals surface area contributed by atoms with Crippen molar-refractivity contribution in [3.05, 3.63) is 52.3 Å². The number of hydrogen-bond acceptors (Lipinski definition) is 2. The lowest BCUT2D eigenvalue weighted by Gasteiger charge is -2.24. The van der Waals surface area contributed by atoms with Crippen LogP contribution < -0.4 is 0 Å². The van der Waals surface area contributed by atoms with Crippen molar-refractivity contribution >= 4 is 5.91 Å². The Bertz CT molecular complexity index is 830. The molecule has 0 N–H and O–H groups in total. The van der Waals surface area contributed by atoms with Crippen LogP contribution in [0.1, 0.15) is 53.4 Å². The van der Waals surface area contributed by atoms with Crippen LogP contribution >= 0.6 is 0 Å². The van der Waals surface area contributed by atoms with E-state index in [1.54, 1.807) is 6.07 Å². The van der Waals surface area contributed by atoms with Gasteiger partial charge in [0.15, 0.2) is 0 Å². The Hall–Kier alpha value is -2.38. The molecule has 0 unspecified atom stereocenters. The summed E-state index contributed by atoms with van der Waals surface area (Å²) in [5, 5.41) is 3.43. The molecular formula is C18H19F4N3O. The summed E-state index contributed by atoms with van der Waals surface area (Å²) in [6, 6.07) is 4.13. The summed E-state index contributed by atoms with van der Waals surface area (Å²) in [7, 11) is 1.17. The topological polar surface area (TPSA) is 38.1 Å². The van der Waals surface area contributed by atoms with E-state index in [1.165, 1.54) is 24.1 Å². The average molecular weight is 369 g/mol. The minimum absolute atomic E-state index is 0.0431. The number of carbonyl (C=O) groups is 1. The van der Waals surface area contributed by atoms with E-state index < -0.39 is 35.4 Å². The summed E-state index contributed by atoms with van der Waals surface area (Å²) in [4.78, 5) is 14.2. The Morgan fingerprint density at radius 3 is 2.58 bits per heavy atom. The van der Waals surface area contributed by atoms with Gasteiger partial charge in [-0.25, -0.2) is 17.9 Å². The Morgan fingerprint density at radius 2 is 2.00 bits per heavy atom. The summed E-state index contributed by atoms with van der Waals surface area (Å²) in [5.41, 5.74) is -0.124. The van der Waals surface area contributed by atoms with Crippen LogP contribution in [0.4, 0.5) is 17.6 Å². The van der Waals surface area contributed by atoms with Gasteiger partial charge in [0, 0.05) is 19.6 Å². The number of nitrogens with zero attached hydrogens (tertiary/aromatic N) is 3. The van der Waals surface area contributed by atoms with Gasteiger partial charge in [-0.05, 0) is 42.5 Å². The van der Waals surface area contributed by atoms with Gasteiger partial charge in [0.1, 0.15) is 17.1 Å². The Morgan fingerprint density at radius 1 is 1.31 bits per heavy atom. The van der Waals surface area contributed by atoms with Crippen molar-refractivity contribution in [2.24, 2.45) is 7.05 Å². The quantitative estimate of drug-likeness (QED) is 0.722. The van der Waals surface area contributed by atoms with Crippen LogP contribution in [0.2, 0.25) is 0 Å². The minimum Gasteiger partial charge on any atom is -0.331 e. The van der Waals surface area contributed by atoms with Crippen LogP contribution in [0, 0.1) is 11.8 Å².